The quantitative estimate of drug-likeness (QED) is 0.622. The topological polar surface area (TPSA) is 56.0 Å². The van der Waals surface area contributed by atoms with Crippen molar-refractivity contribution >= 4 is 0 Å². The van der Waals surface area contributed by atoms with E-state index in [1.165, 1.54) is 0 Å². The monoisotopic (exact) mass is 254 g/mol. The molecule has 0 aromatic rings. The summed E-state index contributed by atoms with van der Waals surface area (Å²) in [6.07, 6.45) is 3.96. The molecule has 1 aliphatic carbocycles. The Balaban J connectivity index is 1.54. The molecule has 0 amide bonds. The van der Waals surface area contributed by atoms with Gasteiger partial charge in [0.1, 0.15) is 18.3 Å². The van der Waals surface area contributed by atoms with Crippen LogP contribution in [0.4, 0.5) is 0 Å². The molecule has 5 rings (SSSR count). The van der Waals surface area contributed by atoms with Crippen LogP contribution in [0.1, 0.15) is 12.8 Å². The first-order valence-corrected chi connectivity index (χ1v) is 6.91. The molecule has 1 spiro atoms. The lowest BCUT2D eigenvalue weighted by molar-refractivity contribution is -0.0697. The van der Waals surface area contributed by atoms with Crippen LogP contribution >= 0.6 is 0 Å². The summed E-state index contributed by atoms with van der Waals surface area (Å²) in [5.41, 5.74) is 0.00549. The van der Waals surface area contributed by atoms with Gasteiger partial charge in [0.15, 0.2) is 0 Å². The molecule has 0 bridgehead atoms. The van der Waals surface area contributed by atoms with Crippen molar-refractivity contribution in [1.82, 2.24) is 0 Å². The van der Waals surface area contributed by atoms with E-state index in [4.69, 9.17) is 23.7 Å². The number of hydrogen-bond acceptors (Lipinski definition) is 5. The first-order chi connectivity index (χ1) is 8.84. The number of fused-ring (bicyclic) bond motifs is 5. The van der Waals surface area contributed by atoms with E-state index in [9.17, 15) is 0 Å². The fourth-order valence-corrected chi connectivity index (χ4v) is 4.40. The van der Waals surface area contributed by atoms with Crippen molar-refractivity contribution in [2.75, 3.05) is 20.3 Å². The Bertz CT molecular complexity index is 368. The summed E-state index contributed by atoms with van der Waals surface area (Å²) >= 11 is 0. The van der Waals surface area contributed by atoms with E-state index in [0.717, 1.165) is 12.8 Å². The van der Waals surface area contributed by atoms with Crippen LogP contribution in [0.2, 0.25) is 0 Å². The second-order valence-electron chi connectivity index (χ2n) is 6.17. The van der Waals surface area contributed by atoms with E-state index in [2.05, 4.69) is 0 Å². The Labute approximate surface area is 106 Å². The molecule has 0 N–H and O–H groups in total. The predicted molar refractivity (Wildman–Crippen MR) is 59.3 cm³/mol. The minimum atomic E-state index is 0.00549. The number of ether oxygens (including phenoxy) is 5. The third kappa shape index (κ3) is 1.20. The van der Waals surface area contributed by atoms with Gasteiger partial charge < -0.3 is 23.7 Å². The second-order valence-corrected chi connectivity index (χ2v) is 6.17. The van der Waals surface area contributed by atoms with Crippen molar-refractivity contribution < 1.29 is 23.7 Å². The highest BCUT2D eigenvalue weighted by Gasteiger charge is 2.74. The molecule has 7 unspecified atom stereocenters. The summed E-state index contributed by atoms with van der Waals surface area (Å²) in [4.78, 5) is 0. The zero-order valence-electron chi connectivity index (χ0n) is 10.4. The Morgan fingerprint density at radius 3 is 2.39 bits per heavy atom. The average Bonchev–Trinajstić information content (AvgIpc) is 3.17. The first-order valence-electron chi connectivity index (χ1n) is 6.91. The number of rotatable bonds is 1. The van der Waals surface area contributed by atoms with Gasteiger partial charge in [-0.1, -0.05) is 0 Å². The Kier molecular flexibility index (Phi) is 1.92. The lowest BCUT2D eigenvalue weighted by Crippen LogP contribution is -2.53. The van der Waals surface area contributed by atoms with Gasteiger partial charge in [-0.25, -0.2) is 0 Å². The molecular formula is C13H18O5. The van der Waals surface area contributed by atoms with Crippen molar-refractivity contribution in [3.8, 4) is 0 Å². The number of epoxide rings is 3. The lowest BCUT2D eigenvalue weighted by atomic mass is 9.65. The summed E-state index contributed by atoms with van der Waals surface area (Å²) in [7, 11) is 1.79. The van der Waals surface area contributed by atoms with Crippen molar-refractivity contribution in [2.24, 2.45) is 5.41 Å². The Hall–Kier alpha value is -0.200. The zero-order valence-corrected chi connectivity index (χ0v) is 10.4. The van der Waals surface area contributed by atoms with Gasteiger partial charge in [-0.2, -0.15) is 0 Å². The maximum atomic E-state index is 5.89. The molecule has 0 radical (unpaired) electrons. The highest BCUT2D eigenvalue weighted by Crippen LogP contribution is 2.61. The van der Waals surface area contributed by atoms with E-state index in [1.54, 1.807) is 7.11 Å². The molecule has 7 atom stereocenters. The summed E-state index contributed by atoms with van der Waals surface area (Å²) in [5.74, 6) is 0. The van der Waals surface area contributed by atoms with E-state index in [1.807, 2.05) is 0 Å². The van der Waals surface area contributed by atoms with Gasteiger partial charge in [-0.05, 0) is 12.8 Å². The van der Waals surface area contributed by atoms with Crippen LogP contribution in [-0.2, 0) is 23.7 Å². The second kappa shape index (κ2) is 3.27. The van der Waals surface area contributed by atoms with Crippen LogP contribution in [-0.4, -0.2) is 63.1 Å². The normalized spacial score (nSPS) is 64.2. The molecule has 5 heteroatoms. The Morgan fingerprint density at radius 2 is 1.72 bits per heavy atom. The van der Waals surface area contributed by atoms with Crippen molar-refractivity contribution in [3.63, 3.8) is 0 Å². The van der Waals surface area contributed by atoms with E-state index in [0.29, 0.717) is 19.3 Å². The molecule has 0 aromatic heterocycles. The van der Waals surface area contributed by atoms with Crippen molar-refractivity contribution in [3.05, 3.63) is 0 Å². The van der Waals surface area contributed by atoms with E-state index >= 15 is 0 Å². The number of methoxy groups -OCH3 is 1. The van der Waals surface area contributed by atoms with Gasteiger partial charge in [0.2, 0.25) is 0 Å². The van der Waals surface area contributed by atoms with Gasteiger partial charge in [-0.15, -0.1) is 0 Å². The van der Waals surface area contributed by atoms with Gasteiger partial charge in [0, 0.05) is 7.11 Å². The maximum Gasteiger partial charge on any atom is 0.111 e. The van der Waals surface area contributed by atoms with E-state index in [-0.39, 0.29) is 42.0 Å². The summed E-state index contributed by atoms with van der Waals surface area (Å²) in [6.45, 7) is 1.40. The molecule has 1 saturated carbocycles. The van der Waals surface area contributed by atoms with Crippen LogP contribution in [0, 0.1) is 5.41 Å². The van der Waals surface area contributed by atoms with Gasteiger partial charge >= 0.3 is 0 Å². The molecule has 4 aliphatic heterocycles. The third-order valence-electron chi connectivity index (χ3n) is 5.35. The third-order valence-corrected chi connectivity index (χ3v) is 5.35. The molecule has 5 nitrogen and oxygen atoms in total. The van der Waals surface area contributed by atoms with Crippen LogP contribution in [0.15, 0.2) is 0 Å². The first kappa shape index (κ1) is 10.6. The fourth-order valence-electron chi connectivity index (χ4n) is 4.40. The van der Waals surface area contributed by atoms with Crippen molar-refractivity contribution in [1.29, 1.82) is 0 Å². The summed E-state index contributed by atoms with van der Waals surface area (Å²) in [5, 5.41) is 0. The SMILES string of the molecule is COC1C2OC2CCC12C1OC1COCC1OC12. The van der Waals surface area contributed by atoms with Crippen molar-refractivity contribution in [2.45, 2.75) is 55.6 Å². The highest BCUT2D eigenvalue weighted by atomic mass is 16.7. The summed E-state index contributed by atoms with van der Waals surface area (Å²) in [6, 6.07) is 0. The van der Waals surface area contributed by atoms with Gasteiger partial charge in [0.25, 0.3) is 0 Å². The van der Waals surface area contributed by atoms with Gasteiger partial charge in [-0.3, -0.25) is 0 Å². The molecule has 5 fully saturated rings. The van der Waals surface area contributed by atoms with Crippen LogP contribution < -0.4 is 0 Å². The zero-order chi connectivity index (χ0) is 11.9. The molecule has 18 heavy (non-hydrogen) atoms. The van der Waals surface area contributed by atoms with Crippen LogP contribution in [0.3, 0.4) is 0 Å². The minimum Gasteiger partial charge on any atom is -0.378 e. The smallest absolute Gasteiger partial charge is 0.111 e. The average molecular weight is 254 g/mol. The maximum absolute atomic E-state index is 5.89. The minimum absolute atomic E-state index is 0.00549. The van der Waals surface area contributed by atoms with E-state index < -0.39 is 0 Å². The molecular weight excluding hydrogens is 236 g/mol. The largest absolute Gasteiger partial charge is 0.378 e. The molecule has 4 heterocycles. The molecule has 100 valence electrons. The standard InChI is InChI=1S/C13H18O5/c1-14-12-9-6(16-9)2-3-13(12)10-7(17-10)4-15-5-8-11(13)18-8/h6-12H,2-5H2,1H3. The molecule has 5 aliphatic rings. The fraction of sp³-hybridized carbons (Fsp3) is 1.00. The van der Waals surface area contributed by atoms with Gasteiger partial charge in [0.05, 0.1) is 43.0 Å². The Morgan fingerprint density at radius 1 is 1.00 bits per heavy atom. The van der Waals surface area contributed by atoms with Crippen LogP contribution in [0.25, 0.3) is 0 Å². The lowest BCUT2D eigenvalue weighted by Gasteiger charge is -2.40. The summed E-state index contributed by atoms with van der Waals surface area (Å²) < 4.78 is 28.9. The molecule has 4 saturated heterocycles. The molecule has 0 aromatic carbocycles. The highest BCUT2D eigenvalue weighted by molar-refractivity contribution is 5.21. The number of hydrogen-bond donors (Lipinski definition) is 0. The van der Waals surface area contributed by atoms with Crippen LogP contribution in [0.5, 0.6) is 0 Å². The predicted octanol–water partition coefficient (Wildman–Crippen LogP) is 0.114.